The number of hydrogen-bond donors (Lipinski definition) is 1. The zero-order valence-corrected chi connectivity index (χ0v) is 15.4. The Hall–Kier alpha value is -2.78. The molecule has 4 heterocycles. The first-order chi connectivity index (χ1) is 13.4. The lowest BCUT2D eigenvalue weighted by Crippen LogP contribution is -2.56. The molecule has 2 aromatic rings. The molecule has 1 saturated carbocycles. The van der Waals surface area contributed by atoms with Gasteiger partial charge in [0, 0.05) is 51.0 Å². The maximum Gasteiger partial charge on any atom is 0.260 e. The van der Waals surface area contributed by atoms with Gasteiger partial charge in [0.1, 0.15) is 11.7 Å². The molecule has 3 fully saturated rings. The van der Waals surface area contributed by atoms with Crippen LogP contribution >= 0.6 is 0 Å². The average Bonchev–Trinajstić information content (AvgIpc) is 2.96. The summed E-state index contributed by atoms with van der Waals surface area (Å²) in [6.07, 6.45) is 6.59. The van der Waals surface area contributed by atoms with Crippen LogP contribution in [0.3, 0.4) is 0 Å². The third-order valence-electron chi connectivity index (χ3n) is 5.79. The standard InChI is InChI=1S/C18H21F2N7O/c1-25-8-11(7-22-25)23-17-21-5-4-15(24-17)26-9-12-2-3-13(10-26)27(12)16(28)14-6-18(14,19)20/h4-5,7-8,12-14H,2-3,6,9-10H2,1H3,(H,21,23,24)/t12-,13+,14-/m1/s1. The minimum absolute atomic E-state index is 0.0349. The Morgan fingerprint density at radius 2 is 2.00 bits per heavy atom. The van der Waals surface area contributed by atoms with Gasteiger partial charge in [-0.3, -0.25) is 9.48 Å². The number of hydrogen-bond acceptors (Lipinski definition) is 6. The normalized spacial score (nSPS) is 27.8. The first kappa shape index (κ1) is 17.3. The summed E-state index contributed by atoms with van der Waals surface area (Å²) in [6.45, 7) is 1.20. The average molecular weight is 389 g/mol. The van der Waals surface area contributed by atoms with E-state index in [1.807, 2.05) is 19.3 Å². The van der Waals surface area contributed by atoms with E-state index >= 15 is 0 Å². The minimum Gasteiger partial charge on any atom is -0.352 e. The fourth-order valence-electron chi connectivity index (χ4n) is 4.31. The molecule has 2 saturated heterocycles. The number of nitrogens with zero attached hydrogens (tertiary/aromatic N) is 6. The van der Waals surface area contributed by atoms with Crippen molar-refractivity contribution in [2.75, 3.05) is 23.3 Å². The number of carbonyl (C=O) groups excluding carboxylic acids is 1. The van der Waals surface area contributed by atoms with Crippen LogP contribution in [0, 0.1) is 5.92 Å². The summed E-state index contributed by atoms with van der Waals surface area (Å²) in [6, 6.07) is 1.76. The van der Waals surface area contributed by atoms with Crippen LogP contribution in [0.2, 0.25) is 0 Å². The van der Waals surface area contributed by atoms with Gasteiger partial charge in [0.25, 0.3) is 5.92 Å². The molecule has 5 rings (SSSR count). The van der Waals surface area contributed by atoms with E-state index in [2.05, 4.69) is 25.3 Å². The van der Waals surface area contributed by atoms with Crippen LogP contribution in [0.4, 0.5) is 26.2 Å². The quantitative estimate of drug-likeness (QED) is 0.859. The molecule has 10 heteroatoms. The number of fused-ring (bicyclic) bond motifs is 2. The zero-order valence-electron chi connectivity index (χ0n) is 15.4. The van der Waals surface area contributed by atoms with Gasteiger partial charge < -0.3 is 15.1 Å². The van der Waals surface area contributed by atoms with E-state index in [1.54, 1.807) is 22.0 Å². The maximum absolute atomic E-state index is 13.4. The monoisotopic (exact) mass is 389 g/mol. The molecule has 0 unspecified atom stereocenters. The number of amides is 1. The van der Waals surface area contributed by atoms with Gasteiger partial charge in [-0.15, -0.1) is 0 Å². The second-order valence-corrected chi connectivity index (χ2v) is 7.82. The molecule has 1 amide bonds. The third kappa shape index (κ3) is 2.96. The molecule has 1 N–H and O–H groups in total. The number of nitrogens with one attached hydrogen (secondary N) is 1. The largest absolute Gasteiger partial charge is 0.352 e. The summed E-state index contributed by atoms with van der Waals surface area (Å²) in [5.74, 6) is -3.07. The second kappa shape index (κ2) is 6.11. The molecular weight excluding hydrogens is 368 g/mol. The Morgan fingerprint density at radius 1 is 1.29 bits per heavy atom. The van der Waals surface area contributed by atoms with Crippen molar-refractivity contribution in [2.45, 2.75) is 37.3 Å². The van der Waals surface area contributed by atoms with Gasteiger partial charge in [0.2, 0.25) is 11.9 Å². The molecule has 3 aliphatic rings. The second-order valence-electron chi connectivity index (χ2n) is 7.82. The van der Waals surface area contributed by atoms with E-state index < -0.39 is 11.8 Å². The van der Waals surface area contributed by atoms with E-state index in [4.69, 9.17) is 0 Å². The number of piperazine rings is 1. The lowest BCUT2D eigenvalue weighted by Gasteiger charge is -2.41. The summed E-state index contributed by atoms with van der Waals surface area (Å²) in [7, 11) is 1.83. The van der Waals surface area contributed by atoms with Crippen LogP contribution in [0.1, 0.15) is 19.3 Å². The highest BCUT2D eigenvalue weighted by Gasteiger charge is 2.64. The summed E-state index contributed by atoms with van der Waals surface area (Å²) in [4.78, 5) is 25.2. The van der Waals surface area contributed by atoms with Gasteiger partial charge in [-0.25, -0.2) is 13.8 Å². The first-order valence-electron chi connectivity index (χ1n) is 9.44. The molecule has 28 heavy (non-hydrogen) atoms. The molecule has 0 spiro atoms. The number of aryl methyl sites for hydroxylation is 1. The highest BCUT2D eigenvalue weighted by Crippen LogP contribution is 2.51. The number of carbonyl (C=O) groups is 1. The van der Waals surface area contributed by atoms with Gasteiger partial charge in [0.15, 0.2) is 0 Å². The predicted octanol–water partition coefficient (Wildman–Crippen LogP) is 1.79. The Bertz CT molecular complexity index is 903. The van der Waals surface area contributed by atoms with Gasteiger partial charge in [-0.1, -0.05) is 0 Å². The summed E-state index contributed by atoms with van der Waals surface area (Å²) < 4.78 is 28.4. The maximum atomic E-state index is 13.4. The van der Waals surface area contributed by atoms with Crippen LogP contribution in [-0.4, -0.2) is 61.7 Å². The molecular formula is C18H21F2N7O. The fourth-order valence-corrected chi connectivity index (χ4v) is 4.31. The van der Waals surface area contributed by atoms with Crippen molar-refractivity contribution in [3.8, 4) is 0 Å². The number of halogens is 2. The molecule has 8 nitrogen and oxygen atoms in total. The van der Waals surface area contributed by atoms with Crippen molar-refractivity contribution in [3.05, 3.63) is 24.7 Å². The number of aromatic nitrogens is 4. The van der Waals surface area contributed by atoms with Crippen molar-refractivity contribution in [3.63, 3.8) is 0 Å². The molecule has 148 valence electrons. The minimum atomic E-state index is -2.81. The Labute approximate surface area is 160 Å². The van der Waals surface area contributed by atoms with Crippen molar-refractivity contribution in [2.24, 2.45) is 13.0 Å². The SMILES string of the molecule is Cn1cc(Nc2nccc(N3C[C@H]4CC[C@@H](C3)N4C(=O)[C@H]3CC3(F)F)n2)cn1. The van der Waals surface area contributed by atoms with Gasteiger partial charge in [0.05, 0.1) is 11.9 Å². The highest BCUT2D eigenvalue weighted by molar-refractivity contribution is 5.84. The first-order valence-corrected chi connectivity index (χ1v) is 9.44. The smallest absolute Gasteiger partial charge is 0.260 e. The molecule has 3 atom stereocenters. The third-order valence-corrected chi connectivity index (χ3v) is 5.79. The predicted molar refractivity (Wildman–Crippen MR) is 97.4 cm³/mol. The zero-order chi connectivity index (χ0) is 19.5. The molecule has 2 aromatic heterocycles. The summed E-state index contributed by atoms with van der Waals surface area (Å²) >= 11 is 0. The summed E-state index contributed by atoms with van der Waals surface area (Å²) in [5, 5.41) is 7.23. The van der Waals surface area contributed by atoms with E-state index in [1.165, 1.54) is 0 Å². The topological polar surface area (TPSA) is 79.2 Å². The van der Waals surface area contributed by atoms with Gasteiger partial charge in [-0.05, 0) is 18.9 Å². The van der Waals surface area contributed by atoms with E-state index in [0.717, 1.165) is 24.3 Å². The van der Waals surface area contributed by atoms with Crippen molar-refractivity contribution in [1.29, 1.82) is 0 Å². The lowest BCUT2D eigenvalue weighted by molar-refractivity contribution is -0.138. The molecule has 0 aromatic carbocycles. The van der Waals surface area contributed by atoms with Crippen LogP contribution < -0.4 is 10.2 Å². The Kier molecular flexibility index (Phi) is 3.78. The Balaban J connectivity index is 1.30. The summed E-state index contributed by atoms with van der Waals surface area (Å²) in [5.41, 5.74) is 0.792. The van der Waals surface area contributed by atoms with E-state index in [-0.39, 0.29) is 24.4 Å². The van der Waals surface area contributed by atoms with E-state index in [0.29, 0.717) is 19.0 Å². The fraction of sp³-hybridized carbons (Fsp3) is 0.556. The van der Waals surface area contributed by atoms with Crippen molar-refractivity contribution in [1.82, 2.24) is 24.6 Å². The van der Waals surface area contributed by atoms with Crippen LogP contribution in [-0.2, 0) is 11.8 Å². The van der Waals surface area contributed by atoms with Crippen LogP contribution in [0.15, 0.2) is 24.7 Å². The molecule has 0 radical (unpaired) electrons. The van der Waals surface area contributed by atoms with Gasteiger partial charge >= 0.3 is 0 Å². The number of alkyl halides is 2. The van der Waals surface area contributed by atoms with E-state index in [9.17, 15) is 13.6 Å². The Morgan fingerprint density at radius 3 is 2.61 bits per heavy atom. The molecule has 1 aliphatic carbocycles. The van der Waals surface area contributed by atoms with Crippen LogP contribution in [0.5, 0.6) is 0 Å². The number of rotatable bonds is 4. The number of anilines is 3. The molecule has 2 aliphatic heterocycles. The van der Waals surface area contributed by atoms with Crippen molar-refractivity contribution >= 4 is 23.4 Å². The lowest BCUT2D eigenvalue weighted by atomic mass is 10.1. The van der Waals surface area contributed by atoms with Crippen molar-refractivity contribution < 1.29 is 13.6 Å². The molecule has 2 bridgehead atoms. The highest BCUT2D eigenvalue weighted by atomic mass is 19.3. The van der Waals surface area contributed by atoms with Crippen LogP contribution in [0.25, 0.3) is 0 Å². The van der Waals surface area contributed by atoms with Gasteiger partial charge in [-0.2, -0.15) is 10.1 Å².